The first-order chi connectivity index (χ1) is 12.2. The SMILES string of the molecule is CCOc1ccc(CC(=O)Nc2nc(C3CCNCC3)nn2C)cc1.Cl. The van der Waals surface area contributed by atoms with E-state index < -0.39 is 0 Å². The summed E-state index contributed by atoms with van der Waals surface area (Å²) in [5.41, 5.74) is 0.932. The molecular weight excluding hydrogens is 354 g/mol. The van der Waals surface area contributed by atoms with E-state index in [1.165, 1.54) is 0 Å². The molecule has 7 nitrogen and oxygen atoms in total. The first kappa shape index (κ1) is 20.2. The highest BCUT2D eigenvalue weighted by atomic mass is 35.5. The van der Waals surface area contributed by atoms with Crippen molar-refractivity contribution < 1.29 is 9.53 Å². The summed E-state index contributed by atoms with van der Waals surface area (Å²) in [6, 6.07) is 7.57. The summed E-state index contributed by atoms with van der Waals surface area (Å²) in [6.45, 7) is 4.55. The Balaban J connectivity index is 0.00000243. The molecule has 0 spiro atoms. The summed E-state index contributed by atoms with van der Waals surface area (Å²) < 4.78 is 7.06. The van der Waals surface area contributed by atoms with Crippen LogP contribution < -0.4 is 15.4 Å². The molecule has 1 aromatic carbocycles. The van der Waals surface area contributed by atoms with Crippen molar-refractivity contribution in [3.05, 3.63) is 35.7 Å². The summed E-state index contributed by atoms with van der Waals surface area (Å²) in [6.07, 6.45) is 2.36. The van der Waals surface area contributed by atoms with E-state index in [-0.39, 0.29) is 18.3 Å². The molecule has 1 fully saturated rings. The lowest BCUT2D eigenvalue weighted by Gasteiger charge is -2.19. The summed E-state index contributed by atoms with van der Waals surface area (Å²) in [5, 5.41) is 10.7. The number of piperidine rings is 1. The Hall–Kier alpha value is -2.12. The Morgan fingerprint density at radius 1 is 1.31 bits per heavy atom. The third kappa shape index (κ3) is 5.19. The number of nitrogens with one attached hydrogen (secondary N) is 2. The lowest BCUT2D eigenvalue weighted by molar-refractivity contribution is -0.115. The predicted molar refractivity (Wildman–Crippen MR) is 103 cm³/mol. The molecular formula is C18H26ClN5O2. The van der Waals surface area contributed by atoms with Crippen molar-refractivity contribution in [2.75, 3.05) is 25.0 Å². The van der Waals surface area contributed by atoms with Crippen molar-refractivity contribution in [1.82, 2.24) is 20.1 Å². The second kappa shape index (κ2) is 9.54. The van der Waals surface area contributed by atoms with E-state index in [9.17, 15) is 4.79 Å². The zero-order chi connectivity index (χ0) is 17.6. The predicted octanol–water partition coefficient (Wildman–Crippen LogP) is 2.28. The van der Waals surface area contributed by atoms with Crippen molar-refractivity contribution in [3.8, 4) is 5.75 Å². The number of amides is 1. The minimum Gasteiger partial charge on any atom is -0.494 e. The fraction of sp³-hybridized carbons (Fsp3) is 0.500. The Morgan fingerprint density at radius 3 is 2.65 bits per heavy atom. The van der Waals surface area contributed by atoms with Crippen LogP contribution in [-0.4, -0.2) is 40.4 Å². The van der Waals surface area contributed by atoms with Crippen LogP contribution >= 0.6 is 12.4 Å². The average molecular weight is 380 g/mol. The third-order valence-electron chi connectivity index (χ3n) is 4.33. The van der Waals surface area contributed by atoms with Crippen LogP contribution in [0.5, 0.6) is 5.75 Å². The number of aromatic nitrogens is 3. The normalized spacial score (nSPS) is 14.5. The van der Waals surface area contributed by atoms with Gasteiger partial charge in [0.15, 0.2) is 5.82 Å². The Kier molecular flexibility index (Phi) is 7.41. The zero-order valence-electron chi connectivity index (χ0n) is 15.2. The third-order valence-corrected chi connectivity index (χ3v) is 4.33. The molecule has 2 heterocycles. The number of hydrogen-bond acceptors (Lipinski definition) is 5. The molecule has 1 aromatic heterocycles. The fourth-order valence-electron chi connectivity index (χ4n) is 2.99. The van der Waals surface area contributed by atoms with Crippen molar-refractivity contribution in [1.29, 1.82) is 0 Å². The van der Waals surface area contributed by atoms with Gasteiger partial charge in [0, 0.05) is 13.0 Å². The quantitative estimate of drug-likeness (QED) is 0.804. The minimum absolute atomic E-state index is 0. The van der Waals surface area contributed by atoms with Crippen LogP contribution in [0.4, 0.5) is 5.95 Å². The monoisotopic (exact) mass is 379 g/mol. The van der Waals surface area contributed by atoms with E-state index in [1.807, 2.05) is 38.2 Å². The van der Waals surface area contributed by atoms with Crippen LogP contribution in [0.25, 0.3) is 0 Å². The van der Waals surface area contributed by atoms with Crippen LogP contribution in [0, 0.1) is 0 Å². The smallest absolute Gasteiger partial charge is 0.231 e. The highest BCUT2D eigenvalue weighted by molar-refractivity contribution is 5.90. The van der Waals surface area contributed by atoms with Crippen molar-refractivity contribution in [3.63, 3.8) is 0 Å². The van der Waals surface area contributed by atoms with Crippen molar-refractivity contribution >= 4 is 24.3 Å². The van der Waals surface area contributed by atoms with Crippen LogP contribution in [-0.2, 0) is 18.3 Å². The van der Waals surface area contributed by atoms with Gasteiger partial charge in [0.2, 0.25) is 11.9 Å². The Morgan fingerprint density at radius 2 is 2.00 bits per heavy atom. The highest BCUT2D eigenvalue weighted by Crippen LogP contribution is 2.23. The molecule has 8 heteroatoms. The number of carbonyl (C=O) groups excluding carboxylic acids is 1. The topological polar surface area (TPSA) is 81.1 Å². The molecule has 0 saturated carbocycles. The van der Waals surface area contributed by atoms with Crippen LogP contribution in [0.15, 0.2) is 24.3 Å². The van der Waals surface area contributed by atoms with Gasteiger partial charge in [-0.25, -0.2) is 4.68 Å². The van der Waals surface area contributed by atoms with Crippen LogP contribution in [0.1, 0.15) is 37.1 Å². The van der Waals surface area contributed by atoms with E-state index >= 15 is 0 Å². The number of anilines is 1. The van der Waals surface area contributed by atoms with Gasteiger partial charge in [-0.2, -0.15) is 10.1 Å². The van der Waals surface area contributed by atoms with Gasteiger partial charge in [-0.3, -0.25) is 10.1 Å². The lowest BCUT2D eigenvalue weighted by atomic mass is 9.98. The summed E-state index contributed by atoms with van der Waals surface area (Å²) in [4.78, 5) is 16.8. The van der Waals surface area contributed by atoms with Crippen LogP contribution in [0.2, 0.25) is 0 Å². The van der Waals surface area contributed by atoms with Crippen LogP contribution in [0.3, 0.4) is 0 Å². The number of halogens is 1. The average Bonchev–Trinajstić information content (AvgIpc) is 2.98. The van der Waals surface area contributed by atoms with Crippen molar-refractivity contribution in [2.24, 2.45) is 7.05 Å². The Labute approximate surface area is 159 Å². The molecule has 2 N–H and O–H groups in total. The van der Waals surface area contributed by atoms with E-state index in [0.717, 1.165) is 43.1 Å². The van der Waals surface area contributed by atoms with E-state index in [1.54, 1.807) is 4.68 Å². The number of nitrogens with zero attached hydrogens (tertiary/aromatic N) is 3. The highest BCUT2D eigenvalue weighted by Gasteiger charge is 2.21. The molecule has 2 aromatic rings. The summed E-state index contributed by atoms with van der Waals surface area (Å²) in [7, 11) is 1.81. The molecule has 3 rings (SSSR count). The van der Waals surface area contributed by atoms with Gasteiger partial charge in [-0.05, 0) is 50.6 Å². The maximum atomic E-state index is 12.3. The van der Waals surface area contributed by atoms with Gasteiger partial charge in [0.05, 0.1) is 13.0 Å². The summed E-state index contributed by atoms with van der Waals surface area (Å²) >= 11 is 0. The van der Waals surface area contributed by atoms with Gasteiger partial charge >= 0.3 is 0 Å². The number of hydrogen-bond donors (Lipinski definition) is 2. The number of ether oxygens (including phenoxy) is 1. The molecule has 26 heavy (non-hydrogen) atoms. The minimum atomic E-state index is -0.100. The van der Waals surface area contributed by atoms with Gasteiger partial charge in [-0.15, -0.1) is 12.4 Å². The van der Waals surface area contributed by atoms with Crippen molar-refractivity contribution in [2.45, 2.75) is 32.1 Å². The van der Waals surface area contributed by atoms with Gasteiger partial charge in [0.25, 0.3) is 0 Å². The molecule has 1 saturated heterocycles. The molecule has 0 unspecified atom stereocenters. The van der Waals surface area contributed by atoms with Gasteiger partial charge in [-0.1, -0.05) is 12.1 Å². The van der Waals surface area contributed by atoms with E-state index in [2.05, 4.69) is 20.7 Å². The molecule has 0 atom stereocenters. The lowest BCUT2D eigenvalue weighted by Crippen LogP contribution is -2.27. The molecule has 1 aliphatic rings. The Bertz CT molecular complexity index is 711. The zero-order valence-corrected chi connectivity index (χ0v) is 16.0. The second-order valence-corrected chi connectivity index (χ2v) is 6.24. The first-order valence-electron chi connectivity index (χ1n) is 8.79. The number of carbonyl (C=O) groups is 1. The fourth-order valence-corrected chi connectivity index (χ4v) is 2.99. The number of rotatable bonds is 6. The van der Waals surface area contributed by atoms with Gasteiger partial charge in [0.1, 0.15) is 5.75 Å². The number of aryl methyl sites for hydroxylation is 1. The molecule has 0 radical (unpaired) electrons. The molecule has 1 amide bonds. The summed E-state index contributed by atoms with van der Waals surface area (Å²) in [5.74, 6) is 2.40. The van der Waals surface area contributed by atoms with E-state index in [0.29, 0.717) is 24.9 Å². The molecule has 0 bridgehead atoms. The largest absolute Gasteiger partial charge is 0.494 e. The number of benzene rings is 1. The molecule has 142 valence electrons. The maximum Gasteiger partial charge on any atom is 0.231 e. The van der Waals surface area contributed by atoms with E-state index in [4.69, 9.17) is 4.74 Å². The van der Waals surface area contributed by atoms with Gasteiger partial charge < -0.3 is 10.1 Å². The molecule has 0 aliphatic carbocycles. The first-order valence-corrected chi connectivity index (χ1v) is 8.79. The standard InChI is InChI=1S/C18H25N5O2.ClH/c1-3-25-15-6-4-13(5-7-15)12-16(24)20-18-21-17(22-23(18)2)14-8-10-19-11-9-14;/h4-7,14,19H,3,8-12H2,1-2H3,(H,20,21,22,24);1H. The molecule has 1 aliphatic heterocycles. The maximum absolute atomic E-state index is 12.3. The second-order valence-electron chi connectivity index (χ2n) is 6.24.